The van der Waals surface area contributed by atoms with Gasteiger partial charge in [0.2, 0.25) is 0 Å². The standard InChI is InChI=1S/C12H13ClFN3O/c1-12(2,18)11-7-17(16-15-11)6-8-3-4-10(14)9(13)5-8/h3-5,7,18H,6H2,1-2H3. The molecule has 1 aromatic heterocycles. The average Bonchev–Trinajstić information content (AvgIpc) is 2.72. The predicted molar refractivity (Wildman–Crippen MR) is 65.8 cm³/mol. The molecule has 6 heteroatoms. The van der Waals surface area contributed by atoms with E-state index in [9.17, 15) is 9.50 Å². The molecule has 0 fully saturated rings. The van der Waals surface area contributed by atoms with Crippen LogP contribution in [0.15, 0.2) is 24.4 Å². The van der Waals surface area contributed by atoms with Crippen LogP contribution in [0.25, 0.3) is 0 Å². The second-order valence-electron chi connectivity index (χ2n) is 4.61. The molecule has 0 spiro atoms. The van der Waals surface area contributed by atoms with Crippen molar-refractivity contribution in [3.8, 4) is 0 Å². The molecule has 0 aliphatic heterocycles. The van der Waals surface area contributed by atoms with Crippen molar-refractivity contribution in [2.45, 2.75) is 26.0 Å². The van der Waals surface area contributed by atoms with Gasteiger partial charge in [-0.1, -0.05) is 22.9 Å². The van der Waals surface area contributed by atoms with Crippen LogP contribution in [0.3, 0.4) is 0 Å². The van der Waals surface area contributed by atoms with Crippen LogP contribution in [0.4, 0.5) is 4.39 Å². The minimum absolute atomic E-state index is 0.0790. The van der Waals surface area contributed by atoms with Crippen molar-refractivity contribution in [3.63, 3.8) is 0 Å². The Kier molecular flexibility index (Phi) is 3.36. The second kappa shape index (κ2) is 4.66. The average molecular weight is 270 g/mol. The lowest BCUT2D eigenvalue weighted by Crippen LogP contribution is -2.15. The van der Waals surface area contributed by atoms with Crippen molar-refractivity contribution in [3.05, 3.63) is 46.5 Å². The minimum Gasteiger partial charge on any atom is -0.384 e. The molecule has 1 aromatic carbocycles. The molecule has 1 heterocycles. The van der Waals surface area contributed by atoms with Gasteiger partial charge in [0.15, 0.2) is 0 Å². The maximum absolute atomic E-state index is 13.0. The Morgan fingerprint density at radius 3 is 2.72 bits per heavy atom. The molecule has 2 aromatic rings. The van der Waals surface area contributed by atoms with Crippen molar-refractivity contribution in [2.75, 3.05) is 0 Å². The van der Waals surface area contributed by atoms with Gasteiger partial charge in [0.1, 0.15) is 17.1 Å². The van der Waals surface area contributed by atoms with Gasteiger partial charge in [0.25, 0.3) is 0 Å². The summed E-state index contributed by atoms with van der Waals surface area (Å²) in [5, 5.41) is 17.6. The van der Waals surface area contributed by atoms with E-state index in [-0.39, 0.29) is 5.02 Å². The Labute approximate surface area is 109 Å². The first kappa shape index (κ1) is 13.0. The zero-order valence-electron chi connectivity index (χ0n) is 10.1. The Morgan fingerprint density at radius 2 is 2.17 bits per heavy atom. The highest BCUT2D eigenvalue weighted by molar-refractivity contribution is 6.30. The van der Waals surface area contributed by atoms with Crippen molar-refractivity contribution >= 4 is 11.6 Å². The molecule has 0 saturated carbocycles. The van der Waals surface area contributed by atoms with Gasteiger partial charge in [-0.15, -0.1) is 5.10 Å². The van der Waals surface area contributed by atoms with Crippen LogP contribution in [0, 0.1) is 5.82 Å². The molecule has 4 nitrogen and oxygen atoms in total. The molecule has 0 unspecified atom stereocenters. The third-order valence-corrected chi connectivity index (χ3v) is 2.78. The van der Waals surface area contributed by atoms with E-state index in [0.29, 0.717) is 12.2 Å². The first-order valence-corrected chi connectivity index (χ1v) is 5.81. The number of hydrogen-bond acceptors (Lipinski definition) is 3. The summed E-state index contributed by atoms with van der Waals surface area (Å²) in [5.74, 6) is -0.448. The monoisotopic (exact) mass is 269 g/mol. The van der Waals surface area contributed by atoms with Crippen LogP contribution in [-0.2, 0) is 12.1 Å². The van der Waals surface area contributed by atoms with Crippen LogP contribution in [0.2, 0.25) is 5.02 Å². The first-order chi connectivity index (χ1) is 8.36. The zero-order valence-corrected chi connectivity index (χ0v) is 10.8. The lowest BCUT2D eigenvalue weighted by molar-refractivity contribution is 0.0737. The van der Waals surface area contributed by atoms with Gasteiger partial charge in [-0.2, -0.15) is 0 Å². The summed E-state index contributed by atoms with van der Waals surface area (Å²) < 4.78 is 14.6. The molecule has 0 atom stereocenters. The molecule has 0 radical (unpaired) electrons. The molecule has 0 aliphatic rings. The van der Waals surface area contributed by atoms with Crippen LogP contribution in [0.5, 0.6) is 0 Å². The molecule has 0 amide bonds. The van der Waals surface area contributed by atoms with Gasteiger partial charge in [0.05, 0.1) is 17.8 Å². The molecule has 18 heavy (non-hydrogen) atoms. The summed E-state index contributed by atoms with van der Waals surface area (Å²) in [4.78, 5) is 0. The van der Waals surface area contributed by atoms with Crippen LogP contribution < -0.4 is 0 Å². The first-order valence-electron chi connectivity index (χ1n) is 5.43. The number of aliphatic hydroxyl groups is 1. The van der Waals surface area contributed by atoms with E-state index >= 15 is 0 Å². The van der Waals surface area contributed by atoms with Crippen molar-refractivity contribution < 1.29 is 9.50 Å². The second-order valence-corrected chi connectivity index (χ2v) is 5.02. The Bertz CT molecular complexity index is 563. The van der Waals surface area contributed by atoms with Gasteiger partial charge >= 0.3 is 0 Å². The van der Waals surface area contributed by atoms with Gasteiger partial charge in [-0.3, -0.25) is 0 Å². The highest BCUT2D eigenvalue weighted by Crippen LogP contribution is 2.18. The highest BCUT2D eigenvalue weighted by Gasteiger charge is 2.20. The van der Waals surface area contributed by atoms with E-state index in [1.54, 1.807) is 36.9 Å². The molecule has 96 valence electrons. The number of hydrogen-bond donors (Lipinski definition) is 1. The molecule has 0 saturated heterocycles. The Morgan fingerprint density at radius 1 is 1.44 bits per heavy atom. The lowest BCUT2D eigenvalue weighted by Gasteiger charge is -2.11. The number of halogens is 2. The molecule has 2 rings (SSSR count). The van der Waals surface area contributed by atoms with Crippen LogP contribution in [0.1, 0.15) is 25.1 Å². The number of benzene rings is 1. The quantitative estimate of drug-likeness (QED) is 0.931. The van der Waals surface area contributed by atoms with E-state index < -0.39 is 11.4 Å². The lowest BCUT2D eigenvalue weighted by atomic mass is 10.1. The summed E-state index contributed by atoms with van der Waals surface area (Å²) in [6, 6.07) is 4.49. The molecular weight excluding hydrogens is 257 g/mol. The van der Waals surface area contributed by atoms with Gasteiger partial charge < -0.3 is 5.11 Å². The molecular formula is C12H13ClFN3O. The fraction of sp³-hybridized carbons (Fsp3) is 0.333. The van der Waals surface area contributed by atoms with E-state index in [0.717, 1.165) is 5.56 Å². The van der Waals surface area contributed by atoms with E-state index in [1.165, 1.54) is 6.07 Å². The molecule has 0 aliphatic carbocycles. The zero-order chi connectivity index (χ0) is 13.3. The SMILES string of the molecule is CC(C)(O)c1cn(Cc2ccc(F)c(Cl)c2)nn1. The third kappa shape index (κ3) is 2.86. The third-order valence-electron chi connectivity index (χ3n) is 2.49. The number of rotatable bonds is 3. The van der Waals surface area contributed by atoms with Crippen LogP contribution in [-0.4, -0.2) is 20.1 Å². The number of nitrogens with zero attached hydrogens (tertiary/aromatic N) is 3. The van der Waals surface area contributed by atoms with Gasteiger partial charge in [-0.25, -0.2) is 9.07 Å². The predicted octanol–water partition coefficient (Wildman–Crippen LogP) is 2.35. The van der Waals surface area contributed by atoms with Gasteiger partial charge in [0, 0.05) is 0 Å². The van der Waals surface area contributed by atoms with Crippen molar-refractivity contribution in [1.29, 1.82) is 0 Å². The topological polar surface area (TPSA) is 50.9 Å². The van der Waals surface area contributed by atoms with E-state index in [2.05, 4.69) is 10.3 Å². The Balaban J connectivity index is 2.19. The summed E-state index contributed by atoms with van der Waals surface area (Å²) in [7, 11) is 0. The fourth-order valence-corrected chi connectivity index (χ4v) is 1.68. The molecule has 0 bridgehead atoms. The fourth-order valence-electron chi connectivity index (χ4n) is 1.48. The van der Waals surface area contributed by atoms with E-state index in [1.807, 2.05) is 0 Å². The summed E-state index contributed by atoms with van der Waals surface area (Å²) in [6.07, 6.45) is 1.65. The maximum atomic E-state index is 13.0. The highest BCUT2D eigenvalue weighted by atomic mass is 35.5. The van der Waals surface area contributed by atoms with E-state index in [4.69, 9.17) is 11.6 Å². The summed E-state index contributed by atoms with van der Waals surface area (Å²) in [5.41, 5.74) is 0.267. The maximum Gasteiger partial charge on any atom is 0.141 e. The van der Waals surface area contributed by atoms with Crippen molar-refractivity contribution in [1.82, 2.24) is 15.0 Å². The largest absolute Gasteiger partial charge is 0.384 e. The smallest absolute Gasteiger partial charge is 0.141 e. The van der Waals surface area contributed by atoms with Crippen LogP contribution >= 0.6 is 11.6 Å². The Hall–Kier alpha value is -1.46. The number of aromatic nitrogens is 3. The normalized spacial score (nSPS) is 11.8. The summed E-state index contributed by atoms with van der Waals surface area (Å²) in [6.45, 7) is 3.69. The van der Waals surface area contributed by atoms with Gasteiger partial charge in [-0.05, 0) is 31.5 Å². The molecule has 1 N–H and O–H groups in total. The summed E-state index contributed by atoms with van der Waals surface area (Å²) >= 11 is 5.70. The minimum atomic E-state index is -1.03. The van der Waals surface area contributed by atoms with Crippen molar-refractivity contribution in [2.24, 2.45) is 0 Å².